The van der Waals surface area contributed by atoms with E-state index in [1.165, 1.54) is 11.8 Å². The van der Waals surface area contributed by atoms with Crippen molar-refractivity contribution in [1.29, 1.82) is 0 Å². The van der Waals surface area contributed by atoms with Gasteiger partial charge < -0.3 is 15.5 Å². The van der Waals surface area contributed by atoms with Crippen LogP contribution in [0, 0.1) is 17.8 Å². The second-order valence-electron chi connectivity index (χ2n) is 5.74. The highest BCUT2D eigenvalue weighted by molar-refractivity contribution is 7.99. The Balaban J connectivity index is 2.55. The minimum atomic E-state index is -0.534. The molecule has 1 rings (SSSR count). The van der Waals surface area contributed by atoms with Crippen molar-refractivity contribution in [2.45, 2.75) is 26.8 Å². The van der Waals surface area contributed by atoms with Gasteiger partial charge in [0.05, 0.1) is 19.0 Å². The van der Waals surface area contributed by atoms with Crippen LogP contribution < -0.4 is 10.6 Å². The molecule has 7 heteroatoms. The van der Waals surface area contributed by atoms with E-state index in [9.17, 15) is 14.4 Å². The summed E-state index contributed by atoms with van der Waals surface area (Å²) in [5.41, 5.74) is -0.534. The minimum absolute atomic E-state index is 0.0653. The van der Waals surface area contributed by atoms with E-state index in [2.05, 4.69) is 16.6 Å². The second-order valence-corrected chi connectivity index (χ2v) is 6.74. The van der Waals surface area contributed by atoms with Gasteiger partial charge in [-0.05, 0) is 0 Å². The topological polar surface area (TPSA) is 78.5 Å². The Morgan fingerprint density at radius 2 is 2.00 bits per heavy atom. The Hall–Kier alpha value is -1.68. The van der Waals surface area contributed by atoms with Crippen LogP contribution in [0.3, 0.4) is 0 Å². The summed E-state index contributed by atoms with van der Waals surface area (Å²) in [4.78, 5) is 37.4. The number of nitrogens with zero attached hydrogens (tertiary/aromatic N) is 1. The van der Waals surface area contributed by atoms with Crippen LogP contribution in [0.2, 0.25) is 0 Å². The first kappa shape index (κ1) is 17.4. The van der Waals surface area contributed by atoms with Gasteiger partial charge in [0.15, 0.2) is 0 Å². The number of carbonyl (C=O) groups excluding carboxylic acids is 3. The summed E-state index contributed by atoms with van der Waals surface area (Å²) in [7, 11) is 0. The maximum atomic E-state index is 12.3. The van der Waals surface area contributed by atoms with Crippen molar-refractivity contribution >= 4 is 29.5 Å². The van der Waals surface area contributed by atoms with E-state index >= 15 is 0 Å². The Kier molecular flexibility index (Phi) is 6.09. The third kappa shape index (κ3) is 4.97. The van der Waals surface area contributed by atoms with Crippen molar-refractivity contribution in [3.63, 3.8) is 0 Å². The molecular weight excluding hydrogens is 290 g/mol. The van der Waals surface area contributed by atoms with Crippen LogP contribution in [-0.2, 0) is 14.4 Å². The van der Waals surface area contributed by atoms with Gasteiger partial charge >= 0.3 is 0 Å². The molecule has 0 aromatic carbocycles. The Labute approximate surface area is 129 Å². The molecule has 0 aromatic heterocycles. The summed E-state index contributed by atoms with van der Waals surface area (Å²) in [6, 6.07) is -0.526. The molecule has 1 heterocycles. The number of terminal acetylenes is 1. The molecule has 0 bridgehead atoms. The average Bonchev–Trinajstić information content (AvgIpc) is 2.89. The lowest BCUT2D eigenvalue weighted by molar-refractivity contribution is -0.144. The highest BCUT2D eigenvalue weighted by Gasteiger charge is 2.38. The molecule has 21 heavy (non-hydrogen) atoms. The lowest BCUT2D eigenvalue weighted by atomic mass is 9.94. The predicted octanol–water partition coefficient (Wildman–Crippen LogP) is -0.200. The third-order valence-corrected chi connectivity index (χ3v) is 3.91. The molecule has 1 fully saturated rings. The number of amides is 3. The van der Waals surface area contributed by atoms with Gasteiger partial charge in [-0.25, -0.2) is 0 Å². The van der Waals surface area contributed by atoms with Crippen LogP contribution in [0.5, 0.6) is 0 Å². The predicted molar refractivity (Wildman–Crippen MR) is 82.3 cm³/mol. The van der Waals surface area contributed by atoms with Crippen molar-refractivity contribution in [3.8, 4) is 12.3 Å². The summed E-state index contributed by atoms with van der Waals surface area (Å²) in [5, 5.41) is 5.00. The Morgan fingerprint density at radius 3 is 2.57 bits per heavy atom. The molecule has 3 amide bonds. The number of nitrogens with one attached hydrogen (secondary N) is 2. The Morgan fingerprint density at radius 1 is 1.33 bits per heavy atom. The van der Waals surface area contributed by atoms with Crippen molar-refractivity contribution in [2.75, 3.05) is 24.7 Å². The molecule has 0 radical (unpaired) electrons. The zero-order valence-electron chi connectivity index (χ0n) is 12.6. The van der Waals surface area contributed by atoms with Crippen LogP contribution in [-0.4, -0.2) is 53.4 Å². The van der Waals surface area contributed by atoms with E-state index in [0.717, 1.165) is 0 Å². The van der Waals surface area contributed by atoms with Crippen molar-refractivity contribution in [1.82, 2.24) is 15.5 Å². The van der Waals surface area contributed by atoms with E-state index in [1.54, 1.807) is 4.90 Å². The summed E-state index contributed by atoms with van der Waals surface area (Å²) in [5.74, 6) is 2.59. The lowest BCUT2D eigenvalue weighted by Gasteiger charge is -2.29. The monoisotopic (exact) mass is 311 g/mol. The van der Waals surface area contributed by atoms with Gasteiger partial charge in [-0.3, -0.25) is 14.4 Å². The first-order valence-electron chi connectivity index (χ1n) is 6.64. The summed E-state index contributed by atoms with van der Waals surface area (Å²) >= 11 is 1.53. The van der Waals surface area contributed by atoms with E-state index in [4.69, 9.17) is 6.42 Å². The number of rotatable bonds is 4. The fourth-order valence-corrected chi connectivity index (χ4v) is 2.94. The zero-order valence-corrected chi connectivity index (χ0v) is 13.4. The molecule has 1 aliphatic rings. The highest BCUT2D eigenvalue weighted by atomic mass is 32.2. The lowest BCUT2D eigenvalue weighted by Crippen LogP contribution is -2.51. The molecule has 6 nitrogen and oxygen atoms in total. The van der Waals surface area contributed by atoms with Gasteiger partial charge in [-0.2, -0.15) is 0 Å². The fourth-order valence-electron chi connectivity index (χ4n) is 1.79. The summed E-state index contributed by atoms with van der Waals surface area (Å²) in [6.07, 6.45) is 5.03. The zero-order chi connectivity index (χ0) is 16.0. The van der Waals surface area contributed by atoms with Crippen molar-refractivity contribution in [3.05, 3.63) is 0 Å². The standard InChI is InChI=1S/C14H21N3O3S/c1-5-6-15-11(18)7-16-12(19)10-8-21-9-17(10)13(20)14(2,3)4/h1,10H,6-9H2,2-4H3,(H,15,18)(H,16,19)/t10-/m0/s1. The highest BCUT2D eigenvalue weighted by Crippen LogP contribution is 2.27. The molecule has 2 N–H and O–H groups in total. The van der Waals surface area contributed by atoms with E-state index < -0.39 is 11.5 Å². The van der Waals surface area contributed by atoms with Gasteiger partial charge in [0, 0.05) is 11.2 Å². The van der Waals surface area contributed by atoms with Gasteiger partial charge in [0.25, 0.3) is 0 Å². The molecular formula is C14H21N3O3S. The third-order valence-electron chi connectivity index (χ3n) is 2.90. The van der Waals surface area contributed by atoms with Crippen LogP contribution in [0.4, 0.5) is 0 Å². The van der Waals surface area contributed by atoms with Gasteiger partial charge in [0.2, 0.25) is 17.7 Å². The summed E-state index contributed by atoms with van der Waals surface area (Å²) in [6.45, 7) is 5.45. The second kappa shape index (κ2) is 7.36. The number of hydrogen-bond acceptors (Lipinski definition) is 4. The quantitative estimate of drug-likeness (QED) is 0.705. The number of carbonyl (C=O) groups is 3. The fraction of sp³-hybridized carbons (Fsp3) is 0.643. The smallest absolute Gasteiger partial charge is 0.244 e. The molecule has 0 spiro atoms. The summed E-state index contributed by atoms with van der Waals surface area (Å²) < 4.78 is 0. The average molecular weight is 311 g/mol. The maximum absolute atomic E-state index is 12.3. The maximum Gasteiger partial charge on any atom is 0.244 e. The van der Waals surface area contributed by atoms with Crippen LogP contribution in [0.15, 0.2) is 0 Å². The van der Waals surface area contributed by atoms with Crippen LogP contribution >= 0.6 is 11.8 Å². The molecule has 0 saturated carbocycles. The van der Waals surface area contributed by atoms with E-state index in [-0.39, 0.29) is 30.8 Å². The molecule has 116 valence electrons. The SMILES string of the molecule is C#CCNC(=O)CNC(=O)[C@@H]1CSCN1C(=O)C(C)(C)C. The van der Waals surface area contributed by atoms with Crippen molar-refractivity contribution in [2.24, 2.45) is 5.41 Å². The molecule has 0 aromatic rings. The van der Waals surface area contributed by atoms with E-state index in [1.807, 2.05) is 20.8 Å². The Bertz CT molecular complexity index is 465. The minimum Gasteiger partial charge on any atom is -0.345 e. The largest absolute Gasteiger partial charge is 0.345 e. The van der Waals surface area contributed by atoms with E-state index in [0.29, 0.717) is 11.6 Å². The molecule has 1 saturated heterocycles. The first-order chi connectivity index (χ1) is 9.77. The molecule has 1 atom stereocenters. The molecule has 0 aliphatic carbocycles. The molecule has 0 unspecified atom stereocenters. The number of hydrogen-bond donors (Lipinski definition) is 2. The van der Waals surface area contributed by atoms with Crippen molar-refractivity contribution < 1.29 is 14.4 Å². The van der Waals surface area contributed by atoms with Gasteiger partial charge in [-0.15, -0.1) is 18.2 Å². The van der Waals surface area contributed by atoms with Gasteiger partial charge in [-0.1, -0.05) is 26.7 Å². The van der Waals surface area contributed by atoms with Gasteiger partial charge in [0.1, 0.15) is 6.04 Å². The number of thioether (sulfide) groups is 1. The van der Waals surface area contributed by atoms with Crippen LogP contribution in [0.25, 0.3) is 0 Å². The van der Waals surface area contributed by atoms with Crippen LogP contribution in [0.1, 0.15) is 20.8 Å². The molecule has 1 aliphatic heterocycles. The first-order valence-corrected chi connectivity index (χ1v) is 7.79. The normalized spacial score (nSPS) is 18.0.